The molecule has 2 aliphatic heterocycles. The van der Waals surface area contributed by atoms with Gasteiger partial charge < -0.3 is 9.47 Å². The molecule has 7 rings (SSSR count). The molecule has 1 atom stereocenters. The van der Waals surface area contributed by atoms with Gasteiger partial charge in [0.1, 0.15) is 5.82 Å². The molecular weight excluding hydrogens is 444 g/mol. The largest absolute Gasteiger partial charge is 0.342 e. The van der Waals surface area contributed by atoms with Gasteiger partial charge in [0.15, 0.2) is 0 Å². The number of aliphatic imine (C=N–C) groups is 1. The second kappa shape index (κ2) is 8.44. The van der Waals surface area contributed by atoms with Gasteiger partial charge in [-0.25, -0.2) is 4.98 Å². The third-order valence-corrected chi connectivity index (χ3v) is 7.98. The summed E-state index contributed by atoms with van der Waals surface area (Å²) in [7, 11) is 0. The van der Waals surface area contributed by atoms with Gasteiger partial charge in [0.05, 0.1) is 17.6 Å². The summed E-state index contributed by atoms with van der Waals surface area (Å²) in [5, 5.41) is 0. The van der Waals surface area contributed by atoms with E-state index in [4.69, 9.17) is 4.98 Å². The Morgan fingerprint density at radius 3 is 2.58 bits per heavy atom. The van der Waals surface area contributed by atoms with Crippen molar-refractivity contribution >= 4 is 23.2 Å². The molecule has 36 heavy (non-hydrogen) atoms. The number of hydrogen-bond donors (Lipinski definition) is 0. The van der Waals surface area contributed by atoms with E-state index in [0.717, 1.165) is 62.3 Å². The summed E-state index contributed by atoms with van der Waals surface area (Å²) in [4.78, 5) is 24.2. The summed E-state index contributed by atoms with van der Waals surface area (Å²) < 4.78 is 2.38. The highest BCUT2D eigenvalue weighted by Gasteiger charge is 2.36. The Morgan fingerprint density at radius 1 is 0.944 bits per heavy atom. The number of aryl methyl sites for hydroxylation is 1. The minimum absolute atomic E-state index is 0.299. The van der Waals surface area contributed by atoms with E-state index in [1.807, 2.05) is 6.21 Å². The molecule has 1 saturated carbocycles. The van der Waals surface area contributed by atoms with E-state index in [0.29, 0.717) is 17.7 Å². The highest BCUT2D eigenvalue weighted by atomic mass is 16.2. The number of amides is 1. The minimum atomic E-state index is 0.299. The Balaban J connectivity index is 1.20. The molecule has 0 spiro atoms. The quantitative estimate of drug-likeness (QED) is 0.363. The molecule has 3 aromatic carbocycles. The van der Waals surface area contributed by atoms with E-state index in [1.54, 1.807) is 0 Å². The maximum atomic E-state index is 12.6. The van der Waals surface area contributed by atoms with Gasteiger partial charge in [-0.15, -0.1) is 0 Å². The van der Waals surface area contributed by atoms with Crippen LogP contribution in [0.15, 0.2) is 65.7 Å². The van der Waals surface area contributed by atoms with E-state index < -0.39 is 0 Å². The Morgan fingerprint density at radius 2 is 1.75 bits per heavy atom. The molecule has 2 fully saturated rings. The molecule has 1 saturated heterocycles. The third kappa shape index (κ3) is 3.83. The number of carbonyl (C=O) groups is 1. The highest BCUT2D eigenvalue weighted by molar-refractivity contribution is 5.87. The minimum Gasteiger partial charge on any atom is -0.342 e. The molecule has 3 aliphatic rings. The number of imidazole rings is 1. The number of fused-ring (bicyclic) bond motifs is 2. The van der Waals surface area contributed by atoms with E-state index in [2.05, 4.69) is 82.0 Å². The van der Waals surface area contributed by atoms with E-state index in [1.165, 1.54) is 33.3 Å². The molecule has 5 heteroatoms. The lowest BCUT2D eigenvalue weighted by atomic mass is 9.99. The molecule has 1 amide bonds. The summed E-state index contributed by atoms with van der Waals surface area (Å²) in [5.74, 6) is 2.14. The fourth-order valence-electron chi connectivity index (χ4n) is 5.77. The zero-order valence-electron chi connectivity index (χ0n) is 20.7. The molecule has 1 aromatic heterocycles. The van der Waals surface area contributed by atoms with Crippen LogP contribution < -0.4 is 0 Å². The zero-order valence-corrected chi connectivity index (χ0v) is 20.7. The van der Waals surface area contributed by atoms with Gasteiger partial charge in [-0.05, 0) is 78.1 Å². The molecule has 1 aliphatic carbocycles. The van der Waals surface area contributed by atoms with Gasteiger partial charge >= 0.3 is 0 Å². The summed E-state index contributed by atoms with van der Waals surface area (Å²) in [6.07, 6.45) is 5.18. The van der Waals surface area contributed by atoms with Crippen LogP contribution in [0.5, 0.6) is 0 Å². The first kappa shape index (κ1) is 21.5. The average Bonchev–Trinajstić information content (AvgIpc) is 3.30. The van der Waals surface area contributed by atoms with Crippen molar-refractivity contribution < 1.29 is 4.79 Å². The molecule has 5 nitrogen and oxygen atoms in total. The van der Waals surface area contributed by atoms with Crippen LogP contribution in [0.4, 0.5) is 0 Å². The number of carbonyl (C=O) groups excluding carboxylic acids is 1. The Labute approximate surface area is 211 Å². The number of benzene rings is 3. The number of aromatic nitrogens is 2. The first-order chi connectivity index (χ1) is 17.6. The Kier molecular flexibility index (Phi) is 5.05. The molecule has 0 radical (unpaired) electrons. The second-order valence-electron chi connectivity index (χ2n) is 10.7. The van der Waals surface area contributed by atoms with E-state index >= 15 is 0 Å². The van der Waals surface area contributed by atoms with Crippen molar-refractivity contribution in [3.8, 4) is 22.5 Å². The lowest BCUT2D eigenvalue weighted by Crippen LogP contribution is -2.30. The monoisotopic (exact) mass is 474 g/mol. The lowest BCUT2D eigenvalue weighted by molar-refractivity contribution is -0.131. The molecule has 0 unspecified atom stereocenters. The van der Waals surface area contributed by atoms with Crippen LogP contribution in [0.2, 0.25) is 0 Å². The van der Waals surface area contributed by atoms with Crippen molar-refractivity contribution in [3.05, 3.63) is 77.4 Å². The molecule has 3 heterocycles. The first-order valence-electron chi connectivity index (χ1n) is 13.1. The number of nitrogens with zero attached hydrogens (tertiary/aromatic N) is 4. The fourth-order valence-corrected chi connectivity index (χ4v) is 5.77. The molecule has 4 aromatic rings. The molecule has 0 bridgehead atoms. The van der Waals surface area contributed by atoms with Crippen molar-refractivity contribution in [2.24, 2.45) is 16.8 Å². The maximum Gasteiger partial charge on any atom is 0.225 e. The topological polar surface area (TPSA) is 50.5 Å². The first-order valence-corrected chi connectivity index (χ1v) is 13.1. The smallest absolute Gasteiger partial charge is 0.225 e. The summed E-state index contributed by atoms with van der Waals surface area (Å²) in [5.41, 5.74) is 9.48. The van der Waals surface area contributed by atoms with Crippen molar-refractivity contribution in [1.29, 1.82) is 0 Å². The normalized spacial score (nSPS) is 18.8. The number of likely N-dealkylation sites (tertiary alicyclic amines) is 1. The summed E-state index contributed by atoms with van der Waals surface area (Å²) in [6, 6.07) is 21.9. The molecule has 180 valence electrons. The van der Waals surface area contributed by atoms with Crippen LogP contribution in [-0.2, 0) is 17.9 Å². The van der Waals surface area contributed by atoms with Crippen LogP contribution in [0.3, 0.4) is 0 Å². The van der Waals surface area contributed by atoms with Gasteiger partial charge in [-0.3, -0.25) is 9.79 Å². The van der Waals surface area contributed by atoms with Crippen molar-refractivity contribution in [3.63, 3.8) is 0 Å². The van der Waals surface area contributed by atoms with Crippen LogP contribution in [-0.4, -0.2) is 39.7 Å². The van der Waals surface area contributed by atoms with Crippen LogP contribution in [0.25, 0.3) is 33.5 Å². The van der Waals surface area contributed by atoms with E-state index in [-0.39, 0.29) is 0 Å². The third-order valence-electron chi connectivity index (χ3n) is 7.98. The predicted octanol–water partition coefficient (Wildman–Crippen LogP) is 5.87. The van der Waals surface area contributed by atoms with E-state index in [9.17, 15) is 4.79 Å². The van der Waals surface area contributed by atoms with Crippen molar-refractivity contribution in [1.82, 2.24) is 14.5 Å². The summed E-state index contributed by atoms with van der Waals surface area (Å²) in [6.45, 7) is 5.54. The lowest BCUT2D eigenvalue weighted by Gasteiger charge is -2.18. The van der Waals surface area contributed by atoms with Crippen LogP contribution in [0, 0.1) is 18.8 Å². The highest BCUT2D eigenvalue weighted by Crippen LogP contribution is 2.34. The van der Waals surface area contributed by atoms with Gasteiger partial charge in [0.25, 0.3) is 0 Å². The fraction of sp³-hybridized carbons (Fsp3) is 0.323. The van der Waals surface area contributed by atoms with Gasteiger partial charge in [0, 0.05) is 37.3 Å². The average molecular weight is 475 g/mol. The van der Waals surface area contributed by atoms with Crippen LogP contribution >= 0.6 is 0 Å². The number of rotatable bonds is 5. The number of hydrogen-bond acceptors (Lipinski definition) is 3. The molecular formula is C31H30N4O. The van der Waals surface area contributed by atoms with Gasteiger partial charge in [-0.1, -0.05) is 42.5 Å². The van der Waals surface area contributed by atoms with Crippen molar-refractivity contribution in [2.45, 2.75) is 39.3 Å². The van der Waals surface area contributed by atoms with Gasteiger partial charge in [-0.2, -0.15) is 0 Å². The Bertz CT molecular complexity index is 1510. The zero-order chi connectivity index (χ0) is 24.2. The second-order valence-corrected chi connectivity index (χ2v) is 10.7. The van der Waals surface area contributed by atoms with Gasteiger partial charge in [0.2, 0.25) is 5.91 Å². The predicted molar refractivity (Wildman–Crippen MR) is 144 cm³/mol. The van der Waals surface area contributed by atoms with Crippen molar-refractivity contribution in [2.75, 3.05) is 13.1 Å². The summed E-state index contributed by atoms with van der Waals surface area (Å²) >= 11 is 0. The maximum absolute atomic E-state index is 12.6. The Hall–Kier alpha value is -3.73. The molecule has 0 N–H and O–H groups in total. The standard InChI is InChI=1S/C31H30N4O/c1-20-2-11-29-28(14-20)33-30(35(29)19-21-12-13-34(18-21)31(36)24-7-8-24)23-5-3-22(4-6-23)25-9-10-26-16-32-17-27(26)15-25/h2-6,9-11,14-15,17,21,24H,7-8,12-13,16,18-19H2,1H3/t21-/m1/s1. The SMILES string of the molecule is Cc1ccc2c(c1)nc(-c1ccc(-c3ccc4c(c3)C=NC4)cc1)n2C[C@@H]1CCN(C(=O)C2CC2)C1. The van der Waals surface area contributed by atoms with Crippen LogP contribution in [0.1, 0.15) is 36.0 Å².